The number of carboxylic acids is 1. The summed E-state index contributed by atoms with van der Waals surface area (Å²) in [5.74, 6) is 0.0469. The first kappa shape index (κ1) is 14.1. The van der Waals surface area contributed by atoms with E-state index in [0.717, 1.165) is 18.8 Å². The largest absolute Gasteiger partial charge is 0.481 e. The van der Waals surface area contributed by atoms with E-state index in [2.05, 4.69) is 24.3 Å². The van der Waals surface area contributed by atoms with Crippen molar-refractivity contribution in [1.82, 2.24) is 0 Å². The van der Waals surface area contributed by atoms with E-state index in [1.165, 1.54) is 49.7 Å². The molecule has 1 fully saturated rings. The van der Waals surface area contributed by atoms with E-state index >= 15 is 0 Å². The fourth-order valence-electron chi connectivity index (χ4n) is 3.01. The summed E-state index contributed by atoms with van der Waals surface area (Å²) < 4.78 is 0. The highest BCUT2D eigenvalue weighted by atomic mass is 16.4. The van der Waals surface area contributed by atoms with Crippen LogP contribution >= 0.6 is 0 Å². The molecule has 2 rings (SSSR count). The Labute approximate surface area is 115 Å². The molecule has 1 aliphatic rings. The highest BCUT2D eigenvalue weighted by Crippen LogP contribution is 2.31. The number of carbonyl (C=O) groups is 1. The van der Waals surface area contributed by atoms with Crippen LogP contribution in [-0.2, 0) is 11.2 Å². The summed E-state index contributed by atoms with van der Waals surface area (Å²) >= 11 is 0. The standard InChI is InChI=1S/C17H24O2/c18-17(19)9-5-6-14-10-12-16(13-11-14)15-7-3-1-2-4-8-15/h10-13,15H,1-9H2,(H,18,19). The number of rotatable bonds is 5. The van der Waals surface area contributed by atoms with Gasteiger partial charge in [0.2, 0.25) is 0 Å². The zero-order valence-corrected chi connectivity index (χ0v) is 11.6. The quantitative estimate of drug-likeness (QED) is 0.790. The van der Waals surface area contributed by atoms with Gasteiger partial charge in [-0.2, -0.15) is 0 Å². The second-order valence-corrected chi connectivity index (χ2v) is 5.68. The summed E-state index contributed by atoms with van der Waals surface area (Å²) in [6, 6.07) is 8.88. The van der Waals surface area contributed by atoms with E-state index in [1.54, 1.807) is 0 Å². The molecule has 0 radical (unpaired) electrons. The Balaban J connectivity index is 1.88. The summed E-state index contributed by atoms with van der Waals surface area (Å²) in [5, 5.41) is 8.63. The lowest BCUT2D eigenvalue weighted by atomic mass is 9.91. The van der Waals surface area contributed by atoms with E-state index in [0.29, 0.717) is 0 Å². The lowest BCUT2D eigenvalue weighted by Gasteiger charge is -2.14. The molecule has 0 atom stereocenters. The fourth-order valence-corrected chi connectivity index (χ4v) is 3.01. The normalized spacial score (nSPS) is 17.1. The first-order chi connectivity index (χ1) is 9.25. The molecule has 2 heteroatoms. The highest BCUT2D eigenvalue weighted by molar-refractivity contribution is 5.66. The summed E-state index contributed by atoms with van der Waals surface area (Å²) in [5.41, 5.74) is 2.74. The third-order valence-corrected chi connectivity index (χ3v) is 4.16. The zero-order valence-electron chi connectivity index (χ0n) is 11.6. The molecule has 0 amide bonds. The summed E-state index contributed by atoms with van der Waals surface area (Å²) in [4.78, 5) is 10.5. The number of carboxylic acid groups (broad SMARTS) is 1. The van der Waals surface area contributed by atoms with Gasteiger partial charge in [-0.25, -0.2) is 0 Å². The zero-order chi connectivity index (χ0) is 13.5. The van der Waals surface area contributed by atoms with Crippen molar-refractivity contribution in [3.8, 4) is 0 Å². The van der Waals surface area contributed by atoms with Gasteiger partial charge in [0.25, 0.3) is 0 Å². The van der Waals surface area contributed by atoms with Crippen molar-refractivity contribution in [3.05, 3.63) is 35.4 Å². The van der Waals surface area contributed by atoms with Crippen molar-refractivity contribution < 1.29 is 9.90 Å². The van der Waals surface area contributed by atoms with Gasteiger partial charge in [0, 0.05) is 6.42 Å². The van der Waals surface area contributed by atoms with E-state index in [1.807, 2.05) is 0 Å². The molecule has 0 aliphatic heterocycles. The molecule has 0 heterocycles. The predicted molar refractivity (Wildman–Crippen MR) is 77.5 cm³/mol. The van der Waals surface area contributed by atoms with Gasteiger partial charge < -0.3 is 5.11 Å². The summed E-state index contributed by atoms with van der Waals surface area (Å²) in [7, 11) is 0. The Morgan fingerprint density at radius 1 is 1.05 bits per heavy atom. The second kappa shape index (κ2) is 7.32. The van der Waals surface area contributed by atoms with Crippen molar-refractivity contribution in [2.75, 3.05) is 0 Å². The van der Waals surface area contributed by atoms with E-state index in [-0.39, 0.29) is 6.42 Å². The average Bonchev–Trinajstić information content (AvgIpc) is 2.68. The minimum Gasteiger partial charge on any atom is -0.481 e. The van der Waals surface area contributed by atoms with Crippen LogP contribution in [0.25, 0.3) is 0 Å². The van der Waals surface area contributed by atoms with Crippen LogP contribution in [0.15, 0.2) is 24.3 Å². The first-order valence-corrected chi connectivity index (χ1v) is 7.56. The topological polar surface area (TPSA) is 37.3 Å². The van der Waals surface area contributed by atoms with Gasteiger partial charge >= 0.3 is 5.97 Å². The van der Waals surface area contributed by atoms with Crippen molar-refractivity contribution in [2.45, 2.75) is 63.7 Å². The molecule has 1 N–H and O–H groups in total. The maximum Gasteiger partial charge on any atom is 0.303 e. The van der Waals surface area contributed by atoms with Crippen LogP contribution in [0.1, 0.15) is 68.4 Å². The number of aryl methyl sites for hydroxylation is 1. The molecule has 1 aromatic carbocycles. The fraction of sp³-hybridized carbons (Fsp3) is 0.588. The number of benzene rings is 1. The monoisotopic (exact) mass is 260 g/mol. The molecule has 1 saturated carbocycles. The molecule has 0 bridgehead atoms. The lowest BCUT2D eigenvalue weighted by molar-refractivity contribution is -0.137. The third-order valence-electron chi connectivity index (χ3n) is 4.16. The van der Waals surface area contributed by atoms with Gasteiger partial charge in [-0.15, -0.1) is 0 Å². The third kappa shape index (κ3) is 4.70. The Morgan fingerprint density at radius 3 is 2.26 bits per heavy atom. The summed E-state index contributed by atoms with van der Waals surface area (Å²) in [6.07, 6.45) is 10.1. The van der Waals surface area contributed by atoms with Gasteiger partial charge in [-0.3, -0.25) is 4.79 Å². The molecule has 19 heavy (non-hydrogen) atoms. The molecule has 104 valence electrons. The van der Waals surface area contributed by atoms with Crippen LogP contribution in [0.3, 0.4) is 0 Å². The molecular weight excluding hydrogens is 236 g/mol. The maximum absolute atomic E-state index is 10.5. The van der Waals surface area contributed by atoms with Crippen molar-refractivity contribution in [3.63, 3.8) is 0 Å². The molecular formula is C17H24O2. The molecule has 0 spiro atoms. The van der Waals surface area contributed by atoms with Gasteiger partial charge in [-0.1, -0.05) is 49.9 Å². The Hall–Kier alpha value is -1.31. The average molecular weight is 260 g/mol. The minimum atomic E-state index is -0.699. The number of hydrogen-bond donors (Lipinski definition) is 1. The van der Waals surface area contributed by atoms with E-state index in [9.17, 15) is 4.79 Å². The molecule has 0 saturated heterocycles. The molecule has 2 nitrogen and oxygen atoms in total. The number of aliphatic carboxylic acids is 1. The van der Waals surface area contributed by atoms with Crippen molar-refractivity contribution >= 4 is 5.97 Å². The Bertz CT molecular complexity index is 386. The van der Waals surface area contributed by atoms with Gasteiger partial charge in [-0.05, 0) is 42.7 Å². The van der Waals surface area contributed by atoms with E-state index < -0.39 is 5.97 Å². The van der Waals surface area contributed by atoms with Crippen LogP contribution in [-0.4, -0.2) is 11.1 Å². The SMILES string of the molecule is O=C(O)CCCc1ccc(C2CCCCCC2)cc1. The van der Waals surface area contributed by atoms with Crippen molar-refractivity contribution in [2.24, 2.45) is 0 Å². The first-order valence-electron chi connectivity index (χ1n) is 7.56. The van der Waals surface area contributed by atoms with Gasteiger partial charge in [0.15, 0.2) is 0 Å². The number of hydrogen-bond acceptors (Lipinski definition) is 1. The van der Waals surface area contributed by atoms with Crippen molar-refractivity contribution in [1.29, 1.82) is 0 Å². The Kier molecular flexibility index (Phi) is 5.44. The van der Waals surface area contributed by atoms with Gasteiger partial charge in [0.05, 0.1) is 0 Å². The van der Waals surface area contributed by atoms with Crippen LogP contribution in [0.4, 0.5) is 0 Å². The van der Waals surface area contributed by atoms with E-state index in [4.69, 9.17) is 5.11 Å². The molecule has 1 aliphatic carbocycles. The predicted octanol–water partition coefficient (Wildman–Crippen LogP) is 4.53. The minimum absolute atomic E-state index is 0.268. The second-order valence-electron chi connectivity index (χ2n) is 5.68. The Morgan fingerprint density at radius 2 is 1.68 bits per heavy atom. The van der Waals surface area contributed by atoms with Gasteiger partial charge in [0.1, 0.15) is 0 Å². The molecule has 1 aromatic rings. The molecule has 0 aromatic heterocycles. The smallest absolute Gasteiger partial charge is 0.303 e. The van der Waals surface area contributed by atoms with Crippen LogP contribution in [0.2, 0.25) is 0 Å². The maximum atomic E-state index is 10.5. The summed E-state index contributed by atoms with van der Waals surface area (Å²) in [6.45, 7) is 0. The van der Waals surface area contributed by atoms with Crippen LogP contribution in [0, 0.1) is 0 Å². The van der Waals surface area contributed by atoms with Crippen LogP contribution < -0.4 is 0 Å². The lowest BCUT2D eigenvalue weighted by Crippen LogP contribution is -1.98. The molecule has 0 unspecified atom stereocenters. The van der Waals surface area contributed by atoms with Crippen LogP contribution in [0.5, 0.6) is 0 Å². The highest BCUT2D eigenvalue weighted by Gasteiger charge is 2.13.